The number of phenolic OH excluding ortho intramolecular Hbond substituents is 1. The van der Waals surface area contributed by atoms with Crippen molar-refractivity contribution in [3.8, 4) is 5.75 Å². The molecule has 1 saturated heterocycles. The van der Waals surface area contributed by atoms with Gasteiger partial charge < -0.3 is 25.0 Å². The molecule has 0 saturated carbocycles. The number of hydrogen-bond acceptors (Lipinski definition) is 6. The molecule has 8 heteroatoms. The van der Waals surface area contributed by atoms with Crippen LogP contribution in [0.5, 0.6) is 5.75 Å². The lowest BCUT2D eigenvalue weighted by Gasteiger charge is -2.49. The average Bonchev–Trinajstić information content (AvgIpc) is 3.10. The first-order chi connectivity index (χ1) is 14.4. The number of fused-ring (bicyclic) bond motifs is 5. The lowest BCUT2D eigenvalue weighted by molar-refractivity contribution is -0.155. The van der Waals surface area contributed by atoms with Crippen LogP contribution in [0.25, 0.3) is 10.9 Å². The molecule has 1 aromatic carbocycles. The lowest BCUT2D eigenvalue weighted by atomic mass is 9.70. The highest BCUT2D eigenvalue weighted by atomic mass is 16.5. The van der Waals surface area contributed by atoms with E-state index in [0.29, 0.717) is 19.4 Å². The number of ether oxygens (including phenoxy) is 1. The normalized spacial score (nSPS) is 27.3. The van der Waals surface area contributed by atoms with Gasteiger partial charge in [-0.1, -0.05) is 13.3 Å². The predicted molar refractivity (Wildman–Crippen MR) is 109 cm³/mol. The van der Waals surface area contributed by atoms with Crippen molar-refractivity contribution in [2.75, 3.05) is 20.3 Å². The van der Waals surface area contributed by atoms with E-state index >= 15 is 0 Å². The zero-order valence-corrected chi connectivity index (χ0v) is 17.2. The van der Waals surface area contributed by atoms with Gasteiger partial charge in [-0.05, 0) is 42.0 Å². The Hall–Kier alpha value is -2.58. The van der Waals surface area contributed by atoms with E-state index in [1.165, 1.54) is 7.11 Å². The van der Waals surface area contributed by atoms with Crippen LogP contribution in [-0.4, -0.2) is 63.4 Å². The maximum atomic E-state index is 12.3. The summed E-state index contributed by atoms with van der Waals surface area (Å²) in [7, 11) is 1.32. The van der Waals surface area contributed by atoms with E-state index in [2.05, 4.69) is 4.98 Å². The van der Waals surface area contributed by atoms with E-state index in [9.17, 15) is 24.9 Å². The maximum Gasteiger partial charge on any atom is 0.321 e. The van der Waals surface area contributed by atoms with Gasteiger partial charge in [0.15, 0.2) is 0 Å². The first-order valence-corrected chi connectivity index (χ1v) is 10.4. The molecule has 1 aromatic heterocycles. The number of carbonyl (C=O) groups excluding carboxylic acids is 1. The average molecular weight is 416 g/mol. The molecular weight excluding hydrogens is 388 g/mol. The number of nitrogens with one attached hydrogen (secondary N) is 1. The SMILES string of the molecule is CCC1CN2C(C(=O)O)Cc3c([nH]c4ccc(O)cc34)C2CC1C(CO)C(=O)OC. The molecule has 0 amide bonds. The molecule has 8 nitrogen and oxygen atoms in total. The van der Waals surface area contributed by atoms with Crippen molar-refractivity contribution in [3.63, 3.8) is 0 Å². The van der Waals surface area contributed by atoms with E-state index in [-0.39, 0.29) is 30.2 Å². The Labute approximate surface area is 174 Å². The Balaban J connectivity index is 1.80. The van der Waals surface area contributed by atoms with Crippen LogP contribution < -0.4 is 0 Å². The van der Waals surface area contributed by atoms with Gasteiger partial charge in [0.2, 0.25) is 0 Å². The summed E-state index contributed by atoms with van der Waals surface area (Å²) in [5.74, 6) is -1.84. The second-order valence-corrected chi connectivity index (χ2v) is 8.40. The van der Waals surface area contributed by atoms with Gasteiger partial charge in [-0.15, -0.1) is 0 Å². The molecule has 162 valence electrons. The summed E-state index contributed by atoms with van der Waals surface area (Å²) < 4.78 is 4.93. The molecule has 3 heterocycles. The number of piperidine rings is 1. The number of carboxylic acid groups (broad SMARTS) is 1. The van der Waals surface area contributed by atoms with Gasteiger partial charge in [-0.3, -0.25) is 14.5 Å². The van der Waals surface area contributed by atoms with Crippen molar-refractivity contribution in [2.45, 2.75) is 38.3 Å². The largest absolute Gasteiger partial charge is 0.508 e. The third kappa shape index (κ3) is 3.24. The van der Waals surface area contributed by atoms with Crippen LogP contribution in [0, 0.1) is 17.8 Å². The van der Waals surface area contributed by atoms with Gasteiger partial charge in [0.05, 0.1) is 25.7 Å². The number of nitrogens with zero attached hydrogens (tertiary/aromatic N) is 1. The van der Waals surface area contributed by atoms with E-state index in [4.69, 9.17) is 4.74 Å². The van der Waals surface area contributed by atoms with Crippen LogP contribution in [0.3, 0.4) is 0 Å². The third-order valence-corrected chi connectivity index (χ3v) is 7.03. The fraction of sp³-hybridized carbons (Fsp3) is 0.545. The summed E-state index contributed by atoms with van der Waals surface area (Å²) in [6.07, 6.45) is 1.68. The van der Waals surface area contributed by atoms with Crippen molar-refractivity contribution in [2.24, 2.45) is 17.8 Å². The van der Waals surface area contributed by atoms with Gasteiger partial charge in [0.1, 0.15) is 11.8 Å². The highest BCUT2D eigenvalue weighted by Crippen LogP contribution is 2.48. The van der Waals surface area contributed by atoms with E-state index in [1.807, 2.05) is 11.8 Å². The third-order valence-electron chi connectivity index (χ3n) is 7.03. The molecule has 0 aliphatic carbocycles. The number of aromatic nitrogens is 1. The van der Waals surface area contributed by atoms with Crippen molar-refractivity contribution in [1.29, 1.82) is 0 Å². The quantitative estimate of drug-likeness (QED) is 0.550. The number of phenols is 1. The minimum absolute atomic E-state index is 0.0781. The predicted octanol–water partition coefficient (Wildman–Crippen LogP) is 2.05. The zero-order valence-electron chi connectivity index (χ0n) is 17.2. The maximum absolute atomic E-state index is 12.3. The van der Waals surface area contributed by atoms with E-state index in [0.717, 1.165) is 28.6 Å². The Morgan fingerprint density at radius 1 is 1.37 bits per heavy atom. The molecule has 2 aliphatic rings. The lowest BCUT2D eigenvalue weighted by Crippen LogP contribution is -2.55. The zero-order chi connectivity index (χ0) is 21.6. The molecule has 5 unspecified atom stereocenters. The number of aliphatic hydroxyl groups excluding tert-OH is 1. The minimum Gasteiger partial charge on any atom is -0.508 e. The van der Waals surface area contributed by atoms with Crippen molar-refractivity contribution in [1.82, 2.24) is 9.88 Å². The summed E-state index contributed by atoms with van der Waals surface area (Å²) in [6.45, 7) is 2.27. The molecule has 2 aliphatic heterocycles. The second-order valence-electron chi connectivity index (χ2n) is 8.40. The molecule has 0 spiro atoms. The molecule has 2 aromatic rings. The van der Waals surface area contributed by atoms with Crippen molar-refractivity contribution >= 4 is 22.8 Å². The van der Waals surface area contributed by atoms with Gasteiger partial charge in [-0.2, -0.15) is 0 Å². The Morgan fingerprint density at radius 3 is 2.77 bits per heavy atom. The highest BCUT2D eigenvalue weighted by Gasteiger charge is 2.48. The number of aliphatic hydroxyl groups is 1. The number of rotatable bonds is 5. The highest BCUT2D eigenvalue weighted by molar-refractivity contribution is 5.88. The van der Waals surface area contributed by atoms with Crippen molar-refractivity contribution in [3.05, 3.63) is 29.5 Å². The molecule has 5 atom stereocenters. The summed E-state index contributed by atoms with van der Waals surface area (Å²) >= 11 is 0. The number of H-pyrrole nitrogens is 1. The number of carboxylic acids is 1. The number of aromatic amines is 1. The number of carbonyl (C=O) groups is 2. The fourth-order valence-corrected chi connectivity index (χ4v) is 5.51. The first kappa shape index (κ1) is 20.7. The number of aliphatic carboxylic acids is 1. The smallest absolute Gasteiger partial charge is 0.321 e. The van der Waals surface area contributed by atoms with Gasteiger partial charge in [0, 0.05) is 29.6 Å². The van der Waals surface area contributed by atoms with Crippen LogP contribution in [0.4, 0.5) is 0 Å². The number of hydrogen-bond donors (Lipinski definition) is 4. The first-order valence-electron chi connectivity index (χ1n) is 10.4. The Morgan fingerprint density at radius 2 is 2.13 bits per heavy atom. The molecular formula is C22H28N2O6. The fourth-order valence-electron chi connectivity index (χ4n) is 5.51. The monoisotopic (exact) mass is 416 g/mol. The minimum atomic E-state index is -0.875. The molecule has 0 bridgehead atoms. The Bertz CT molecular complexity index is 970. The molecule has 4 N–H and O–H groups in total. The van der Waals surface area contributed by atoms with Gasteiger partial charge in [0.25, 0.3) is 0 Å². The van der Waals surface area contributed by atoms with Crippen LogP contribution in [0.2, 0.25) is 0 Å². The number of aromatic hydroxyl groups is 1. The van der Waals surface area contributed by atoms with E-state index in [1.54, 1.807) is 18.2 Å². The topological polar surface area (TPSA) is 123 Å². The summed E-state index contributed by atoms with van der Waals surface area (Å²) in [5.41, 5.74) is 2.70. The number of benzene rings is 1. The van der Waals surface area contributed by atoms with Crippen molar-refractivity contribution < 1.29 is 29.6 Å². The Kier molecular flexibility index (Phi) is 5.46. The van der Waals surface area contributed by atoms with Crippen LogP contribution in [0.15, 0.2) is 18.2 Å². The van der Waals surface area contributed by atoms with Crippen LogP contribution in [0.1, 0.15) is 37.1 Å². The second kappa shape index (κ2) is 7.92. The van der Waals surface area contributed by atoms with Gasteiger partial charge >= 0.3 is 11.9 Å². The van der Waals surface area contributed by atoms with Gasteiger partial charge in [-0.25, -0.2) is 0 Å². The number of methoxy groups -OCH3 is 1. The number of esters is 1. The standard InChI is InChI=1S/C22H28N2O6/c1-3-11-9-24-18(7-13(11)16(10-25)22(29)30-2)20-15(8-19(24)21(27)28)14-6-12(26)4-5-17(14)23-20/h4-6,11,13,16,18-19,23,25-26H,3,7-10H2,1-2H3,(H,27,28). The summed E-state index contributed by atoms with van der Waals surface area (Å²) in [6, 6.07) is 4.18. The summed E-state index contributed by atoms with van der Waals surface area (Å²) in [4.78, 5) is 29.9. The molecule has 1 fully saturated rings. The molecule has 0 radical (unpaired) electrons. The molecule has 30 heavy (non-hydrogen) atoms. The van der Waals surface area contributed by atoms with Crippen LogP contribution in [-0.2, 0) is 20.7 Å². The molecule has 4 rings (SSSR count). The summed E-state index contributed by atoms with van der Waals surface area (Å²) in [5, 5.41) is 30.7. The van der Waals surface area contributed by atoms with Crippen LogP contribution >= 0.6 is 0 Å². The van der Waals surface area contributed by atoms with E-state index < -0.39 is 23.9 Å².